The van der Waals surface area contributed by atoms with Crippen LogP contribution in [-0.4, -0.2) is 38.0 Å². The van der Waals surface area contributed by atoms with Crippen molar-refractivity contribution >= 4 is 33.0 Å². The number of rotatable bonds is 6. The summed E-state index contributed by atoms with van der Waals surface area (Å²) in [5.41, 5.74) is 2.33. The van der Waals surface area contributed by atoms with E-state index in [0.717, 1.165) is 22.5 Å². The van der Waals surface area contributed by atoms with Crippen LogP contribution in [0, 0.1) is 0 Å². The number of sulfonamides is 1. The highest BCUT2D eigenvalue weighted by Gasteiger charge is 2.32. The molecule has 4 rings (SSSR count). The fourth-order valence-electron chi connectivity index (χ4n) is 3.47. The Morgan fingerprint density at radius 1 is 1.06 bits per heavy atom. The maximum absolute atomic E-state index is 13.3. The Balaban J connectivity index is 1.47. The number of anilines is 1. The van der Waals surface area contributed by atoms with Crippen LogP contribution in [0.1, 0.15) is 20.8 Å². The molecule has 11 heteroatoms. The quantitative estimate of drug-likeness (QED) is 0.537. The van der Waals surface area contributed by atoms with Crippen molar-refractivity contribution in [2.45, 2.75) is 24.0 Å². The van der Waals surface area contributed by atoms with Gasteiger partial charge >= 0.3 is 6.18 Å². The molecule has 1 aliphatic rings. The first kappa shape index (κ1) is 23.3. The Hall–Kier alpha value is -2.89. The largest absolute Gasteiger partial charge is 0.484 e. The molecule has 0 bridgehead atoms. The van der Waals surface area contributed by atoms with Crippen LogP contribution in [0.2, 0.25) is 0 Å². The summed E-state index contributed by atoms with van der Waals surface area (Å²) < 4.78 is 69.3. The molecule has 1 amide bonds. The lowest BCUT2D eigenvalue weighted by molar-refractivity contribution is -0.153. The molecular formula is C22H19F3N2O4S2. The number of thiophene rings is 1. The molecule has 0 aliphatic carbocycles. The minimum Gasteiger partial charge on any atom is -0.484 e. The van der Waals surface area contributed by atoms with Crippen molar-refractivity contribution in [1.82, 2.24) is 4.31 Å². The maximum atomic E-state index is 13.3. The fourth-order valence-corrected chi connectivity index (χ4v) is 6.18. The van der Waals surface area contributed by atoms with Crippen molar-refractivity contribution in [2.75, 3.05) is 18.5 Å². The summed E-state index contributed by atoms with van der Waals surface area (Å²) in [5, 5.41) is 4.12. The van der Waals surface area contributed by atoms with Gasteiger partial charge in [0.05, 0.1) is 0 Å². The molecule has 3 aromatic rings. The van der Waals surface area contributed by atoms with E-state index >= 15 is 0 Å². The van der Waals surface area contributed by atoms with E-state index in [2.05, 4.69) is 10.1 Å². The van der Waals surface area contributed by atoms with Crippen LogP contribution in [0.25, 0.3) is 0 Å². The first-order chi connectivity index (χ1) is 15.6. The zero-order chi connectivity index (χ0) is 23.6. The highest BCUT2D eigenvalue weighted by molar-refractivity contribution is 7.89. The van der Waals surface area contributed by atoms with Gasteiger partial charge in [0.2, 0.25) is 10.0 Å². The number of carbonyl (C=O) groups is 1. The van der Waals surface area contributed by atoms with Gasteiger partial charge in [0.25, 0.3) is 5.91 Å². The van der Waals surface area contributed by atoms with Crippen LogP contribution >= 0.6 is 11.3 Å². The van der Waals surface area contributed by atoms with Gasteiger partial charge in [-0.05, 0) is 53.3 Å². The second kappa shape index (κ2) is 9.16. The monoisotopic (exact) mass is 496 g/mol. The number of alkyl halides is 3. The highest BCUT2D eigenvalue weighted by Crippen LogP contribution is 2.30. The van der Waals surface area contributed by atoms with E-state index in [9.17, 15) is 26.4 Å². The van der Waals surface area contributed by atoms with Gasteiger partial charge in [0.15, 0.2) is 6.61 Å². The molecule has 0 radical (unpaired) electrons. The van der Waals surface area contributed by atoms with Crippen molar-refractivity contribution < 1.29 is 31.1 Å². The molecule has 0 unspecified atom stereocenters. The van der Waals surface area contributed by atoms with Crippen molar-refractivity contribution in [3.8, 4) is 5.75 Å². The zero-order valence-corrected chi connectivity index (χ0v) is 18.8. The lowest BCUT2D eigenvalue weighted by Gasteiger charge is -2.28. The van der Waals surface area contributed by atoms with E-state index in [-0.39, 0.29) is 22.1 Å². The summed E-state index contributed by atoms with van der Waals surface area (Å²) >= 11 is 1.000. The Morgan fingerprint density at radius 2 is 1.76 bits per heavy atom. The Labute approximate surface area is 192 Å². The zero-order valence-electron chi connectivity index (χ0n) is 17.1. The van der Waals surface area contributed by atoms with Crippen molar-refractivity contribution in [3.63, 3.8) is 0 Å². The van der Waals surface area contributed by atoms with Crippen LogP contribution in [0.3, 0.4) is 0 Å². The molecule has 0 saturated carbocycles. The summed E-state index contributed by atoms with van der Waals surface area (Å²) in [6, 6.07) is 14.4. The lowest BCUT2D eigenvalue weighted by atomic mass is 10.0. The summed E-state index contributed by atoms with van der Waals surface area (Å²) in [5.74, 6) is -0.625. The highest BCUT2D eigenvalue weighted by atomic mass is 32.2. The number of carbonyl (C=O) groups excluding carboxylic acids is 1. The average Bonchev–Trinajstić information content (AvgIpc) is 3.29. The molecule has 0 saturated heterocycles. The van der Waals surface area contributed by atoms with Gasteiger partial charge < -0.3 is 10.1 Å². The topological polar surface area (TPSA) is 75.7 Å². The van der Waals surface area contributed by atoms with Gasteiger partial charge in [-0.15, -0.1) is 11.3 Å². The summed E-state index contributed by atoms with van der Waals surface area (Å²) in [6.45, 7) is -0.874. The minimum absolute atomic E-state index is 0.00454. The second-order valence-corrected chi connectivity index (χ2v) is 10.2. The molecule has 2 heterocycles. The SMILES string of the molecule is O=C(Nc1ccc(OCC(F)(F)F)cc1)c1sccc1S(=O)(=O)N1CCc2ccccc2C1. The van der Waals surface area contributed by atoms with E-state index in [0.29, 0.717) is 18.7 Å². The van der Waals surface area contributed by atoms with E-state index in [1.54, 1.807) is 0 Å². The van der Waals surface area contributed by atoms with Gasteiger partial charge in [-0.3, -0.25) is 4.79 Å². The average molecular weight is 497 g/mol. The smallest absolute Gasteiger partial charge is 0.422 e. The number of hydrogen-bond acceptors (Lipinski definition) is 5. The van der Waals surface area contributed by atoms with E-state index in [4.69, 9.17) is 0 Å². The molecule has 6 nitrogen and oxygen atoms in total. The standard InChI is InChI=1S/C22H19F3N2O4S2/c23-22(24,25)14-31-18-7-5-17(6-8-18)26-21(28)20-19(10-12-32-20)33(29,30)27-11-9-15-3-1-2-4-16(15)13-27/h1-8,10,12H,9,11,13-14H2,(H,26,28). The summed E-state index contributed by atoms with van der Waals surface area (Å²) in [7, 11) is -3.90. The Kier molecular flexibility index (Phi) is 6.46. The van der Waals surface area contributed by atoms with E-state index in [1.165, 1.54) is 40.0 Å². The maximum Gasteiger partial charge on any atom is 0.422 e. The van der Waals surface area contributed by atoms with Crippen LogP contribution < -0.4 is 10.1 Å². The second-order valence-electron chi connectivity index (χ2n) is 7.35. The van der Waals surface area contributed by atoms with Crippen LogP contribution in [-0.2, 0) is 23.0 Å². The first-order valence-corrected chi connectivity index (χ1v) is 12.2. The normalized spacial score (nSPS) is 14.5. The van der Waals surface area contributed by atoms with Gasteiger partial charge in [0, 0.05) is 18.8 Å². The molecule has 2 aromatic carbocycles. The number of fused-ring (bicyclic) bond motifs is 1. The number of nitrogens with zero attached hydrogens (tertiary/aromatic N) is 1. The van der Waals surface area contributed by atoms with Crippen molar-refractivity contribution in [3.05, 3.63) is 76.0 Å². The predicted octanol–water partition coefficient (Wildman–Crippen LogP) is 4.69. The van der Waals surface area contributed by atoms with Crippen LogP contribution in [0.5, 0.6) is 5.75 Å². The number of benzene rings is 2. The molecular weight excluding hydrogens is 477 g/mol. The van der Waals surface area contributed by atoms with E-state index in [1.807, 2.05) is 24.3 Å². The van der Waals surface area contributed by atoms with Crippen LogP contribution in [0.4, 0.5) is 18.9 Å². The molecule has 33 heavy (non-hydrogen) atoms. The van der Waals surface area contributed by atoms with E-state index < -0.39 is 28.7 Å². The third-order valence-corrected chi connectivity index (χ3v) is 7.99. The molecule has 0 fully saturated rings. The van der Waals surface area contributed by atoms with Gasteiger partial charge in [-0.25, -0.2) is 8.42 Å². The third-order valence-electron chi connectivity index (χ3n) is 5.06. The lowest BCUT2D eigenvalue weighted by Crippen LogP contribution is -2.36. The Morgan fingerprint density at radius 3 is 2.45 bits per heavy atom. The molecule has 174 valence electrons. The predicted molar refractivity (Wildman–Crippen MR) is 118 cm³/mol. The number of nitrogens with one attached hydrogen (secondary N) is 1. The van der Waals surface area contributed by atoms with Gasteiger partial charge in [-0.1, -0.05) is 24.3 Å². The molecule has 1 aliphatic heterocycles. The summed E-state index contributed by atoms with van der Waals surface area (Å²) in [4.78, 5) is 12.8. The summed E-state index contributed by atoms with van der Waals surface area (Å²) in [6.07, 6.45) is -3.87. The first-order valence-electron chi connectivity index (χ1n) is 9.89. The number of halogens is 3. The van der Waals surface area contributed by atoms with Gasteiger partial charge in [0.1, 0.15) is 15.5 Å². The van der Waals surface area contributed by atoms with Crippen molar-refractivity contribution in [2.24, 2.45) is 0 Å². The molecule has 0 spiro atoms. The molecule has 1 N–H and O–H groups in total. The fraction of sp³-hybridized carbons (Fsp3) is 0.227. The van der Waals surface area contributed by atoms with Gasteiger partial charge in [-0.2, -0.15) is 17.5 Å². The number of ether oxygens (including phenoxy) is 1. The number of amides is 1. The number of hydrogen-bond donors (Lipinski definition) is 1. The molecule has 1 aromatic heterocycles. The minimum atomic E-state index is -4.45. The Bertz CT molecular complexity index is 1260. The third kappa shape index (κ3) is 5.37. The molecule has 0 atom stereocenters. The van der Waals surface area contributed by atoms with Crippen LogP contribution in [0.15, 0.2) is 64.9 Å². The van der Waals surface area contributed by atoms with Crippen molar-refractivity contribution in [1.29, 1.82) is 0 Å².